The fourth-order valence-electron chi connectivity index (χ4n) is 2.77. The van der Waals surface area contributed by atoms with Crippen LogP contribution >= 0.6 is 0 Å². The minimum atomic E-state index is -2.79. The third-order valence-corrected chi connectivity index (χ3v) is 4.14. The highest BCUT2D eigenvalue weighted by atomic mass is 19.3. The Labute approximate surface area is 118 Å². The normalized spacial score (nSPS) is 25.7. The van der Waals surface area contributed by atoms with Crippen LogP contribution in [0.25, 0.3) is 0 Å². The van der Waals surface area contributed by atoms with Crippen LogP contribution in [0.1, 0.15) is 31.9 Å². The zero-order valence-corrected chi connectivity index (χ0v) is 11.9. The van der Waals surface area contributed by atoms with E-state index in [1.54, 1.807) is 12.1 Å². The predicted molar refractivity (Wildman–Crippen MR) is 74.8 cm³/mol. The number of rotatable bonds is 4. The summed E-state index contributed by atoms with van der Waals surface area (Å²) >= 11 is 0. The lowest BCUT2D eigenvalue weighted by molar-refractivity contribution is -0.0512. The number of likely N-dealkylation sites (tertiary alicyclic amines) is 1. The summed E-state index contributed by atoms with van der Waals surface area (Å²) in [6.07, 6.45) is 0.934. The van der Waals surface area contributed by atoms with E-state index < -0.39 is 6.61 Å². The smallest absolute Gasteiger partial charge is 0.387 e. The molecule has 3 nitrogen and oxygen atoms in total. The first-order chi connectivity index (χ1) is 9.49. The van der Waals surface area contributed by atoms with Crippen LogP contribution < -0.4 is 10.5 Å². The van der Waals surface area contributed by atoms with E-state index >= 15 is 0 Å². The van der Waals surface area contributed by atoms with Gasteiger partial charge < -0.3 is 10.5 Å². The maximum absolute atomic E-state index is 12.5. The molecule has 112 valence electrons. The first-order valence-corrected chi connectivity index (χ1v) is 7.02. The molecule has 1 aromatic carbocycles. The van der Waals surface area contributed by atoms with Crippen LogP contribution in [-0.2, 0) is 0 Å². The molecule has 0 aliphatic carbocycles. The molecule has 1 aromatic rings. The lowest BCUT2D eigenvalue weighted by atomic mass is 9.92. The van der Waals surface area contributed by atoms with Crippen LogP contribution in [-0.4, -0.2) is 30.6 Å². The van der Waals surface area contributed by atoms with Gasteiger partial charge in [-0.25, -0.2) is 0 Å². The minimum Gasteiger partial charge on any atom is -0.434 e. The number of hydrogen-bond acceptors (Lipinski definition) is 3. The Morgan fingerprint density at radius 1 is 1.35 bits per heavy atom. The van der Waals surface area contributed by atoms with Crippen LogP contribution in [0.15, 0.2) is 24.3 Å². The maximum Gasteiger partial charge on any atom is 0.387 e. The third-order valence-electron chi connectivity index (χ3n) is 4.14. The highest BCUT2D eigenvalue weighted by Crippen LogP contribution is 2.32. The fourth-order valence-corrected chi connectivity index (χ4v) is 2.77. The third kappa shape index (κ3) is 3.46. The molecule has 0 bridgehead atoms. The molecule has 20 heavy (non-hydrogen) atoms. The standard InChI is InChI=1S/C15H22F2N2O/c1-10-9-19(8-7-13(10)18)11(2)12-5-3-4-6-14(12)20-15(16)17/h3-6,10-11,13,15H,7-9,18H2,1-2H3. The van der Waals surface area contributed by atoms with Crippen molar-refractivity contribution in [3.8, 4) is 5.75 Å². The summed E-state index contributed by atoms with van der Waals surface area (Å²) in [5.74, 6) is 0.673. The Bertz CT molecular complexity index is 442. The Morgan fingerprint density at radius 2 is 2.05 bits per heavy atom. The van der Waals surface area contributed by atoms with E-state index in [4.69, 9.17) is 5.73 Å². The van der Waals surface area contributed by atoms with Gasteiger partial charge in [0.2, 0.25) is 0 Å². The molecule has 5 heteroatoms. The molecule has 2 N–H and O–H groups in total. The summed E-state index contributed by atoms with van der Waals surface area (Å²) in [4.78, 5) is 2.28. The Balaban J connectivity index is 2.14. The number of hydrogen-bond donors (Lipinski definition) is 1. The maximum atomic E-state index is 12.5. The van der Waals surface area contributed by atoms with Gasteiger partial charge in [0.15, 0.2) is 0 Å². The second kappa shape index (κ2) is 6.50. The summed E-state index contributed by atoms with van der Waals surface area (Å²) in [6, 6.07) is 7.27. The van der Waals surface area contributed by atoms with Gasteiger partial charge in [0, 0.05) is 30.7 Å². The van der Waals surface area contributed by atoms with E-state index in [1.807, 2.05) is 19.1 Å². The van der Waals surface area contributed by atoms with Crippen LogP contribution in [0.4, 0.5) is 8.78 Å². The van der Waals surface area contributed by atoms with E-state index in [9.17, 15) is 8.78 Å². The molecule has 1 aliphatic rings. The molecule has 1 heterocycles. The second-order valence-corrected chi connectivity index (χ2v) is 5.52. The van der Waals surface area contributed by atoms with Crippen molar-refractivity contribution < 1.29 is 13.5 Å². The lowest BCUT2D eigenvalue weighted by Crippen LogP contribution is -2.46. The molecule has 3 unspecified atom stereocenters. The Kier molecular flexibility index (Phi) is 4.94. The largest absolute Gasteiger partial charge is 0.434 e. The second-order valence-electron chi connectivity index (χ2n) is 5.52. The first kappa shape index (κ1) is 15.2. The van der Waals surface area contributed by atoms with Gasteiger partial charge in [-0.15, -0.1) is 0 Å². The van der Waals surface area contributed by atoms with Gasteiger partial charge in [-0.05, 0) is 25.3 Å². The van der Waals surface area contributed by atoms with Crippen LogP contribution in [0.3, 0.4) is 0 Å². The SMILES string of the molecule is CC1CN(C(C)c2ccccc2OC(F)F)CCC1N. The van der Waals surface area contributed by atoms with Gasteiger partial charge in [-0.3, -0.25) is 4.90 Å². The lowest BCUT2D eigenvalue weighted by Gasteiger charge is -2.39. The highest BCUT2D eigenvalue weighted by molar-refractivity contribution is 5.35. The number of nitrogens with zero attached hydrogens (tertiary/aromatic N) is 1. The average Bonchev–Trinajstić information content (AvgIpc) is 2.41. The van der Waals surface area contributed by atoms with Crippen LogP contribution in [0, 0.1) is 5.92 Å². The summed E-state index contributed by atoms with van der Waals surface area (Å²) in [5.41, 5.74) is 6.83. The van der Waals surface area contributed by atoms with E-state index in [2.05, 4.69) is 16.6 Å². The van der Waals surface area contributed by atoms with Crippen molar-refractivity contribution in [2.45, 2.75) is 39.0 Å². The molecule has 0 saturated carbocycles. The number of para-hydroxylation sites is 1. The molecule has 0 spiro atoms. The number of piperidine rings is 1. The molecule has 0 amide bonds. The van der Waals surface area contributed by atoms with E-state index in [1.165, 1.54) is 0 Å². The molecule has 2 rings (SSSR count). The van der Waals surface area contributed by atoms with E-state index in [-0.39, 0.29) is 17.8 Å². The molecule has 0 radical (unpaired) electrons. The monoisotopic (exact) mass is 284 g/mol. The summed E-state index contributed by atoms with van der Waals surface area (Å²) < 4.78 is 29.6. The zero-order valence-electron chi connectivity index (χ0n) is 11.9. The summed E-state index contributed by atoms with van der Waals surface area (Å²) in [5, 5.41) is 0. The molecule has 3 atom stereocenters. The molecule has 1 aliphatic heterocycles. The van der Waals surface area contributed by atoms with Crippen molar-refractivity contribution >= 4 is 0 Å². The summed E-state index contributed by atoms with van der Waals surface area (Å²) in [6.45, 7) is 3.13. The van der Waals surface area contributed by atoms with Crippen LogP contribution in [0.5, 0.6) is 5.75 Å². The van der Waals surface area contributed by atoms with Crippen LogP contribution in [0.2, 0.25) is 0 Å². The topological polar surface area (TPSA) is 38.5 Å². The molecule has 1 saturated heterocycles. The van der Waals surface area contributed by atoms with Crippen molar-refractivity contribution in [3.63, 3.8) is 0 Å². The highest BCUT2D eigenvalue weighted by Gasteiger charge is 2.28. The molecule has 1 fully saturated rings. The number of ether oxygens (including phenoxy) is 1. The predicted octanol–water partition coefficient (Wildman–Crippen LogP) is 3.02. The van der Waals surface area contributed by atoms with Crippen molar-refractivity contribution in [2.75, 3.05) is 13.1 Å². The minimum absolute atomic E-state index is 0.0416. The number of alkyl halides is 2. The fraction of sp³-hybridized carbons (Fsp3) is 0.600. The van der Waals surface area contributed by atoms with E-state index in [0.717, 1.165) is 25.1 Å². The van der Waals surface area contributed by atoms with Crippen molar-refractivity contribution in [2.24, 2.45) is 11.7 Å². The molecular weight excluding hydrogens is 262 g/mol. The number of halogens is 2. The van der Waals surface area contributed by atoms with Crippen molar-refractivity contribution in [1.82, 2.24) is 4.90 Å². The molecule has 0 aromatic heterocycles. The number of benzene rings is 1. The van der Waals surface area contributed by atoms with E-state index in [0.29, 0.717) is 5.92 Å². The van der Waals surface area contributed by atoms with Gasteiger partial charge in [0.25, 0.3) is 0 Å². The average molecular weight is 284 g/mol. The molecular formula is C15H22F2N2O. The van der Waals surface area contributed by atoms with Gasteiger partial charge >= 0.3 is 6.61 Å². The van der Waals surface area contributed by atoms with Gasteiger partial charge in [-0.2, -0.15) is 8.78 Å². The first-order valence-electron chi connectivity index (χ1n) is 7.02. The Morgan fingerprint density at radius 3 is 2.70 bits per heavy atom. The Hall–Kier alpha value is -1.20. The quantitative estimate of drug-likeness (QED) is 0.923. The van der Waals surface area contributed by atoms with Crippen molar-refractivity contribution in [1.29, 1.82) is 0 Å². The van der Waals surface area contributed by atoms with Crippen molar-refractivity contribution in [3.05, 3.63) is 29.8 Å². The van der Waals surface area contributed by atoms with Gasteiger partial charge in [0.05, 0.1) is 0 Å². The summed E-state index contributed by atoms with van der Waals surface area (Å²) in [7, 11) is 0. The zero-order chi connectivity index (χ0) is 14.7. The van der Waals surface area contributed by atoms with Gasteiger partial charge in [0.1, 0.15) is 5.75 Å². The van der Waals surface area contributed by atoms with Gasteiger partial charge in [-0.1, -0.05) is 25.1 Å². The number of nitrogens with two attached hydrogens (primary N) is 1.